The van der Waals surface area contributed by atoms with Crippen LogP contribution in [-0.2, 0) is 22.6 Å². The molecular formula is C25H24N4O4. The van der Waals surface area contributed by atoms with Crippen LogP contribution in [0.25, 0.3) is 11.3 Å². The molecule has 0 atom stereocenters. The standard InChI is InChI=1S/C25H24N4O4/c1-16-5-7-26-21(9-16)18-11-22-25(27-12-18)29(24(31)15-33-22)14-23(30)28-8-6-17-3-4-20(32-2)10-19(17)13-28/h3-5,7,9-12H,6,8,13-15H2,1-2H3. The number of amides is 2. The summed E-state index contributed by atoms with van der Waals surface area (Å²) >= 11 is 0. The minimum atomic E-state index is -0.288. The number of methoxy groups -OCH3 is 1. The first-order valence-electron chi connectivity index (χ1n) is 10.8. The predicted molar refractivity (Wildman–Crippen MR) is 122 cm³/mol. The van der Waals surface area contributed by atoms with Crippen LogP contribution in [0.1, 0.15) is 16.7 Å². The molecule has 1 aromatic carbocycles. The van der Waals surface area contributed by atoms with Crippen LogP contribution in [0, 0.1) is 6.92 Å². The summed E-state index contributed by atoms with van der Waals surface area (Å²) < 4.78 is 11.0. The number of fused-ring (bicyclic) bond motifs is 2. The van der Waals surface area contributed by atoms with Crippen molar-refractivity contribution < 1.29 is 19.1 Å². The molecule has 5 rings (SSSR count). The van der Waals surface area contributed by atoms with Gasteiger partial charge in [-0.3, -0.25) is 19.5 Å². The Morgan fingerprint density at radius 2 is 2.03 bits per heavy atom. The van der Waals surface area contributed by atoms with E-state index in [2.05, 4.69) is 9.97 Å². The van der Waals surface area contributed by atoms with E-state index < -0.39 is 0 Å². The molecule has 0 saturated heterocycles. The summed E-state index contributed by atoms with van der Waals surface area (Å²) in [5.41, 5.74) is 4.93. The third-order valence-electron chi connectivity index (χ3n) is 6.02. The van der Waals surface area contributed by atoms with Crippen molar-refractivity contribution in [2.75, 3.05) is 31.7 Å². The van der Waals surface area contributed by atoms with Crippen LogP contribution in [0.5, 0.6) is 11.5 Å². The van der Waals surface area contributed by atoms with Crippen molar-refractivity contribution in [3.8, 4) is 22.8 Å². The van der Waals surface area contributed by atoms with Gasteiger partial charge in [0.2, 0.25) is 5.91 Å². The zero-order valence-corrected chi connectivity index (χ0v) is 18.6. The molecule has 0 saturated carbocycles. The van der Waals surface area contributed by atoms with E-state index in [4.69, 9.17) is 9.47 Å². The molecule has 33 heavy (non-hydrogen) atoms. The number of hydrogen-bond donors (Lipinski definition) is 0. The molecule has 2 aliphatic heterocycles. The van der Waals surface area contributed by atoms with E-state index in [0.29, 0.717) is 24.7 Å². The number of rotatable bonds is 4. The fourth-order valence-electron chi connectivity index (χ4n) is 4.19. The SMILES string of the molecule is COc1ccc2c(c1)CN(C(=O)CN1C(=O)COc3cc(-c4cc(C)ccn4)cnc31)CC2. The summed E-state index contributed by atoms with van der Waals surface area (Å²) in [7, 11) is 1.63. The Balaban J connectivity index is 1.36. The highest BCUT2D eigenvalue weighted by Crippen LogP contribution is 2.33. The van der Waals surface area contributed by atoms with Crippen LogP contribution >= 0.6 is 0 Å². The summed E-state index contributed by atoms with van der Waals surface area (Å²) in [4.78, 5) is 37.8. The number of benzene rings is 1. The van der Waals surface area contributed by atoms with Crippen molar-refractivity contribution >= 4 is 17.6 Å². The van der Waals surface area contributed by atoms with Crippen molar-refractivity contribution in [3.05, 3.63) is 65.5 Å². The predicted octanol–water partition coefficient (Wildman–Crippen LogP) is 2.77. The van der Waals surface area contributed by atoms with E-state index in [1.165, 1.54) is 10.5 Å². The monoisotopic (exact) mass is 444 g/mol. The van der Waals surface area contributed by atoms with Gasteiger partial charge >= 0.3 is 0 Å². The summed E-state index contributed by atoms with van der Waals surface area (Å²) in [5, 5.41) is 0. The second kappa shape index (κ2) is 8.54. The van der Waals surface area contributed by atoms with Gasteiger partial charge in [0.15, 0.2) is 18.2 Å². The summed E-state index contributed by atoms with van der Waals surface area (Å²) in [6.07, 6.45) is 4.17. The first-order valence-corrected chi connectivity index (χ1v) is 10.8. The Morgan fingerprint density at radius 3 is 2.85 bits per heavy atom. The molecule has 2 aromatic heterocycles. The van der Waals surface area contributed by atoms with Gasteiger partial charge in [-0.15, -0.1) is 0 Å². The summed E-state index contributed by atoms with van der Waals surface area (Å²) in [6.45, 7) is 2.88. The Hall–Kier alpha value is -3.94. The lowest BCUT2D eigenvalue weighted by atomic mass is 9.99. The van der Waals surface area contributed by atoms with E-state index in [0.717, 1.165) is 34.6 Å². The molecule has 0 unspecified atom stereocenters. The van der Waals surface area contributed by atoms with Crippen LogP contribution in [0.2, 0.25) is 0 Å². The molecule has 0 aliphatic carbocycles. The second-order valence-electron chi connectivity index (χ2n) is 8.23. The molecule has 3 aromatic rings. The van der Waals surface area contributed by atoms with Gasteiger partial charge in [0.05, 0.1) is 12.8 Å². The largest absolute Gasteiger partial charge is 0.497 e. The van der Waals surface area contributed by atoms with Gasteiger partial charge in [-0.2, -0.15) is 0 Å². The van der Waals surface area contributed by atoms with Crippen molar-refractivity contribution in [2.45, 2.75) is 19.9 Å². The van der Waals surface area contributed by atoms with E-state index >= 15 is 0 Å². The molecule has 0 bridgehead atoms. The van der Waals surface area contributed by atoms with Crippen LogP contribution < -0.4 is 14.4 Å². The zero-order valence-electron chi connectivity index (χ0n) is 18.6. The van der Waals surface area contributed by atoms with Crippen LogP contribution in [-0.4, -0.2) is 53.5 Å². The Kier molecular flexibility index (Phi) is 5.42. The van der Waals surface area contributed by atoms with Gasteiger partial charge in [0.25, 0.3) is 5.91 Å². The lowest BCUT2D eigenvalue weighted by Crippen LogP contribution is -2.47. The molecule has 0 fully saturated rings. The van der Waals surface area contributed by atoms with Gasteiger partial charge < -0.3 is 14.4 Å². The number of pyridine rings is 2. The third-order valence-corrected chi connectivity index (χ3v) is 6.02. The molecule has 8 nitrogen and oxygen atoms in total. The van der Waals surface area contributed by atoms with E-state index in [-0.39, 0.29) is 25.0 Å². The average Bonchev–Trinajstić information content (AvgIpc) is 2.84. The number of carbonyl (C=O) groups is 2. The van der Waals surface area contributed by atoms with Gasteiger partial charge in [0.1, 0.15) is 12.3 Å². The average molecular weight is 444 g/mol. The normalized spacial score (nSPS) is 14.9. The van der Waals surface area contributed by atoms with Crippen molar-refractivity contribution in [3.63, 3.8) is 0 Å². The lowest BCUT2D eigenvalue weighted by Gasteiger charge is -2.33. The minimum absolute atomic E-state index is 0.0798. The van der Waals surface area contributed by atoms with E-state index in [1.54, 1.807) is 24.4 Å². The highest BCUT2D eigenvalue weighted by atomic mass is 16.5. The van der Waals surface area contributed by atoms with Gasteiger partial charge in [-0.05, 0) is 60.4 Å². The maximum Gasteiger partial charge on any atom is 0.266 e. The first kappa shape index (κ1) is 20.9. The van der Waals surface area contributed by atoms with Gasteiger partial charge in [-0.1, -0.05) is 6.07 Å². The van der Waals surface area contributed by atoms with E-state index in [9.17, 15) is 9.59 Å². The molecule has 0 N–H and O–H groups in total. The highest BCUT2D eigenvalue weighted by Gasteiger charge is 2.31. The van der Waals surface area contributed by atoms with Crippen LogP contribution in [0.3, 0.4) is 0 Å². The van der Waals surface area contributed by atoms with Gasteiger partial charge in [0, 0.05) is 31.0 Å². The quantitative estimate of drug-likeness (QED) is 0.615. The van der Waals surface area contributed by atoms with Crippen LogP contribution in [0.15, 0.2) is 48.8 Å². The van der Waals surface area contributed by atoms with Gasteiger partial charge in [-0.25, -0.2) is 4.98 Å². The fraction of sp³-hybridized carbons (Fsp3) is 0.280. The smallest absolute Gasteiger partial charge is 0.266 e. The first-order chi connectivity index (χ1) is 16.0. The summed E-state index contributed by atoms with van der Waals surface area (Å²) in [5.74, 6) is 1.18. The molecule has 0 spiro atoms. The summed E-state index contributed by atoms with van der Waals surface area (Å²) in [6, 6.07) is 11.6. The number of aryl methyl sites for hydroxylation is 1. The molecule has 2 aliphatic rings. The maximum atomic E-state index is 13.1. The highest BCUT2D eigenvalue weighted by molar-refractivity contribution is 6.01. The Bertz CT molecular complexity index is 1240. The number of hydrogen-bond acceptors (Lipinski definition) is 6. The zero-order chi connectivity index (χ0) is 22.9. The van der Waals surface area contributed by atoms with Crippen molar-refractivity contribution in [2.24, 2.45) is 0 Å². The fourth-order valence-corrected chi connectivity index (χ4v) is 4.19. The number of nitrogens with zero attached hydrogens (tertiary/aromatic N) is 4. The Labute approximate surface area is 191 Å². The maximum absolute atomic E-state index is 13.1. The second-order valence-corrected chi connectivity index (χ2v) is 8.23. The molecular weight excluding hydrogens is 420 g/mol. The molecule has 0 radical (unpaired) electrons. The Morgan fingerprint density at radius 1 is 1.15 bits per heavy atom. The van der Waals surface area contributed by atoms with E-state index in [1.807, 2.05) is 43.3 Å². The molecule has 2 amide bonds. The topological polar surface area (TPSA) is 84.9 Å². The lowest BCUT2D eigenvalue weighted by molar-refractivity contribution is -0.132. The molecule has 8 heteroatoms. The van der Waals surface area contributed by atoms with Crippen molar-refractivity contribution in [1.82, 2.24) is 14.9 Å². The number of ether oxygens (including phenoxy) is 2. The van der Waals surface area contributed by atoms with Crippen molar-refractivity contribution in [1.29, 1.82) is 0 Å². The molecule has 168 valence electrons. The number of carbonyl (C=O) groups excluding carboxylic acids is 2. The third kappa shape index (κ3) is 4.11. The number of aromatic nitrogens is 2. The van der Waals surface area contributed by atoms with Crippen LogP contribution in [0.4, 0.5) is 5.82 Å². The minimum Gasteiger partial charge on any atom is -0.497 e. The number of anilines is 1. The molecule has 4 heterocycles.